The van der Waals surface area contributed by atoms with Gasteiger partial charge in [-0.15, -0.1) is 0 Å². The van der Waals surface area contributed by atoms with E-state index in [1.807, 2.05) is 11.8 Å². The van der Waals surface area contributed by atoms with Crippen LogP contribution in [0.5, 0.6) is 11.5 Å². The van der Waals surface area contributed by atoms with Gasteiger partial charge < -0.3 is 24.3 Å². The van der Waals surface area contributed by atoms with Crippen molar-refractivity contribution >= 4 is 103 Å². The third-order valence-electron chi connectivity index (χ3n) is 19.7. The molecule has 1 atom stereocenters. The summed E-state index contributed by atoms with van der Waals surface area (Å²) in [4.78, 5) is 12.4. The van der Waals surface area contributed by atoms with E-state index in [0.29, 0.717) is 0 Å². The van der Waals surface area contributed by atoms with Crippen molar-refractivity contribution in [2.75, 3.05) is 19.6 Å². The first kappa shape index (κ1) is 57.2. The zero-order valence-corrected chi connectivity index (χ0v) is 54.3. The number of hydrogen-bond acceptors (Lipinski definition) is 6. The Kier molecular flexibility index (Phi) is 13.8. The summed E-state index contributed by atoms with van der Waals surface area (Å²) < 4.78 is 7.49. The highest BCUT2D eigenvalue weighted by molar-refractivity contribution is 7.99. The van der Waals surface area contributed by atoms with Gasteiger partial charge in [-0.1, -0.05) is 263 Å². The number of para-hydroxylation sites is 7. The summed E-state index contributed by atoms with van der Waals surface area (Å²) in [6.07, 6.45) is 0. The fourth-order valence-corrected chi connectivity index (χ4v) is 16.5. The summed E-state index contributed by atoms with van der Waals surface area (Å²) >= 11 is 1.90. The van der Waals surface area contributed by atoms with E-state index in [4.69, 9.17) is 4.74 Å². The Morgan fingerprint density at radius 1 is 0.354 bits per heavy atom. The molecule has 0 radical (unpaired) electrons. The lowest BCUT2D eigenvalue weighted by Crippen LogP contribution is -2.59. The molecule has 14 aromatic carbocycles. The molecule has 4 aliphatic heterocycles. The molecule has 7 heteroatoms. The molecule has 0 aliphatic carbocycles. The first-order chi connectivity index (χ1) is 47.3. The van der Waals surface area contributed by atoms with E-state index in [9.17, 15) is 0 Å². The average Bonchev–Trinajstić information content (AvgIpc) is 0.704. The minimum atomic E-state index is -0.197. The SMILES string of the molecule is CC(C)(C)c1ccc(-c2ccccc2N2c3cc4c(cc3B3c5ccccc5Oc5cc(N(c6ccc(-c7ccccc7)cc6)c6ccccc6-c6ccccc6)cc2c53)C2c3ccccc3N(c3ccccc3)c3cc(N(c5ccccc5)c5ccccc5)cc(c32)S4)cc1. The van der Waals surface area contributed by atoms with E-state index < -0.39 is 0 Å². The molecular formula is C89H65BN4OS. The molecule has 0 fully saturated rings. The third-order valence-corrected chi connectivity index (χ3v) is 20.8. The van der Waals surface area contributed by atoms with Crippen molar-refractivity contribution in [2.24, 2.45) is 0 Å². The van der Waals surface area contributed by atoms with Crippen LogP contribution in [0.4, 0.5) is 68.2 Å². The molecule has 14 aromatic rings. The first-order valence-corrected chi connectivity index (χ1v) is 34.0. The number of hydrogen-bond donors (Lipinski definition) is 0. The predicted molar refractivity (Wildman–Crippen MR) is 403 cm³/mol. The van der Waals surface area contributed by atoms with Gasteiger partial charge in [0.05, 0.1) is 28.4 Å². The Morgan fingerprint density at radius 3 is 1.60 bits per heavy atom. The summed E-state index contributed by atoms with van der Waals surface area (Å²) in [5, 5.41) is 0. The highest BCUT2D eigenvalue weighted by atomic mass is 32.2. The molecule has 0 amide bonds. The van der Waals surface area contributed by atoms with Crippen LogP contribution in [0.1, 0.15) is 48.9 Å². The Bertz CT molecular complexity index is 5260. The predicted octanol–water partition coefficient (Wildman–Crippen LogP) is 22.8. The van der Waals surface area contributed by atoms with Crippen molar-refractivity contribution in [3.05, 3.63) is 356 Å². The van der Waals surface area contributed by atoms with Gasteiger partial charge in [-0.25, -0.2) is 0 Å². The lowest BCUT2D eigenvalue weighted by molar-refractivity contribution is 0.487. The summed E-state index contributed by atoms with van der Waals surface area (Å²) in [7, 11) is 0. The highest BCUT2D eigenvalue weighted by Crippen LogP contribution is 2.62. The van der Waals surface area contributed by atoms with Gasteiger partial charge in [-0.05, 0) is 158 Å². The van der Waals surface area contributed by atoms with Crippen LogP contribution in [-0.4, -0.2) is 6.71 Å². The van der Waals surface area contributed by atoms with E-state index in [1.165, 1.54) is 54.4 Å². The second-order valence-corrected chi connectivity index (χ2v) is 27.4. The van der Waals surface area contributed by atoms with Crippen LogP contribution >= 0.6 is 11.8 Å². The first-order valence-electron chi connectivity index (χ1n) is 33.2. The molecule has 0 N–H and O–H groups in total. The molecule has 0 aromatic heterocycles. The molecular weight excluding hydrogens is 1180 g/mol. The normalized spacial score (nSPS) is 13.7. The Balaban J connectivity index is 0.909. The van der Waals surface area contributed by atoms with E-state index >= 15 is 0 Å². The maximum absolute atomic E-state index is 7.49. The van der Waals surface area contributed by atoms with Gasteiger partial charge in [0.25, 0.3) is 6.71 Å². The highest BCUT2D eigenvalue weighted by Gasteiger charge is 2.46. The van der Waals surface area contributed by atoms with E-state index in [1.54, 1.807) is 0 Å². The van der Waals surface area contributed by atoms with Gasteiger partial charge in [0, 0.05) is 78.3 Å². The minimum absolute atomic E-state index is 0.0154. The Hall–Kier alpha value is -11.5. The van der Waals surface area contributed by atoms with Crippen molar-refractivity contribution in [1.82, 2.24) is 0 Å². The maximum atomic E-state index is 7.49. The zero-order chi connectivity index (χ0) is 64.0. The van der Waals surface area contributed by atoms with Crippen LogP contribution in [0.3, 0.4) is 0 Å². The molecule has 0 saturated carbocycles. The summed E-state index contributed by atoms with van der Waals surface area (Å²) in [5.74, 6) is 1.58. The number of rotatable bonds is 11. The van der Waals surface area contributed by atoms with Crippen LogP contribution in [-0.2, 0) is 5.41 Å². The van der Waals surface area contributed by atoms with Crippen LogP contribution in [0, 0.1) is 0 Å². The number of anilines is 12. The van der Waals surface area contributed by atoms with Gasteiger partial charge in [-0.2, -0.15) is 0 Å². The molecule has 5 nitrogen and oxygen atoms in total. The smallest absolute Gasteiger partial charge is 0.256 e. The van der Waals surface area contributed by atoms with E-state index in [0.717, 1.165) is 107 Å². The molecule has 4 aliphatic rings. The minimum Gasteiger partial charge on any atom is -0.458 e. The Morgan fingerprint density at radius 2 is 0.896 bits per heavy atom. The average molecular weight is 1250 g/mol. The van der Waals surface area contributed by atoms with Crippen molar-refractivity contribution in [1.29, 1.82) is 0 Å². The maximum Gasteiger partial charge on any atom is 0.256 e. The molecule has 0 spiro atoms. The fourth-order valence-electron chi connectivity index (χ4n) is 15.3. The monoisotopic (exact) mass is 1250 g/mol. The van der Waals surface area contributed by atoms with Gasteiger partial charge in [-0.3, -0.25) is 0 Å². The van der Waals surface area contributed by atoms with Crippen LogP contribution in [0.25, 0.3) is 33.4 Å². The number of nitrogens with zero attached hydrogens (tertiary/aromatic N) is 4. The van der Waals surface area contributed by atoms with Crippen molar-refractivity contribution < 1.29 is 4.74 Å². The van der Waals surface area contributed by atoms with Gasteiger partial charge in [0.1, 0.15) is 11.5 Å². The molecule has 1 unspecified atom stereocenters. The van der Waals surface area contributed by atoms with E-state index in [2.05, 4.69) is 374 Å². The standard InChI is InChI=1S/C89H65BN4OS/c1-89(2,3)63-49-45-62(46-50-63)71-38-20-24-42-77(71)94-79-58-84-73(86-72-39-21-25-43-78(72)93(66-35-17-8-18-36-66)80-53-69(56-85(96-84)87(80)86)91(64-31-13-6-14-32-64)65-33-15-7-16-34-65)57-75(79)90-74-40-22-26-44-82(74)95-83-55-68(54-81(94)88(83)90)92(67-51-47-60(48-52-67)59-27-9-4-10-28-59)76-41-23-19-37-70(76)61-29-11-5-12-30-61/h4-58,86H,1-3H3. The molecule has 96 heavy (non-hydrogen) atoms. The van der Waals surface area contributed by atoms with Crippen LogP contribution in [0.2, 0.25) is 0 Å². The molecule has 456 valence electrons. The zero-order valence-electron chi connectivity index (χ0n) is 53.5. The lowest BCUT2D eigenvalue weighted by atomic mass is 9.34. The lowest BCUT2D eigenvalue weighted by Gasteiger charge is -2.44. The fraction of sp³-hybridized carbons (Fsp3) is 0.0562. The van der Waals surface area contributed by atoms with Crippen molar-refractivity contribution in [3.63, 3.8) is 0 Å². The van der Waals surface area contributed by atoms with Crippen LogP contribution < -0.4 is 40.7 Å². The van der Waals surface area contributed by atoms with Crippen molar-refractivity contribution in [2.45, 2.75) is 41.9 Å². The second-order valence-electron chi connectivity index (χ2n) is 26.4. The largest absolute Gasteiger partial charge is 0.458 e. The number of ether oxygens (including phenoxy) is 1. The number of benzene rings is 14. The van der Waals surface area contributed by atoms with Gasteiger partial charge in [0.2, 0.25) is 0 Å². The van der Waals surface area contributed by atoms with Crippen LogP contribution in [0.15, 0.2) is 343 Å². The molecule has 18 rings (SSSR count). The van der Waals surface area contributed by atoms with Gasteiger partial charge >= 0.3 is 0 Å². The topological polar surface area (TPSA) is 22.2 Å². The Labute approximate surface area is 566 Å². The summed E-state index contributed by atoms with van der Waals surface area (Å²) in [6, 6.07) is 123. The molecule has 4 heterocycles. The third kappa shape index (κ3) is 9.63. The number of fused-ring (bicyclic) bond motifs is 8. The van der Waals surface area contributed by atoms with Gasteiger partial charge in [0.15, 0.2) is 0 Å². The van der Waals surface area contributed by atoms with Crippen molar-refractivity contribution in [3.8, 4) is 44.9 Å². The summed E-state index contributed by atoms with van der Waals surface area (Å²) in [5.41, 5.74) is 28.6. The van der Waals surface area contributed by atoms with E-state index in [-0.39, 0.29) is 18.0 Å². The molecule has 0 bridgehead atoms. The second kappa shape index (κ2) is 23.2. The quantitative estimate of drug-likeness (QED) is 0.120. The summed E-state index contributed by atoms with van der Waals surface area (Å²) in [6.45, 7) is 6.68. The molecule has 0 saturated heterocycles.